The topological polar surface area (TPSA) is 29.1 Å². The molecule has 0 saturated carbocycles. The Kier molecular flexibility index (Phi) is 4.57. The molecule has 2 nitrogen and oxygen atoms in total. The second kappa shape index (κ2) is 5.98. The van der Waals surface area contributed by atoms with Gasteiger partial charge in [-0.25, -0.2) is 0 Å². The van der Waals surface area contributed by atoms with E-state index in [9.17, 15) is 4.21 Å². The van der Waals surface area contributed by atoms with Gasteiger partial charge >= 0.3 is 0 Å². The maximum absolute atomic E-state index is 12.5. The van der Waals surface area contributed by atoms with Gasteiger partial charge in [-0.1, -0.05) is 38.1 Å². The molecule has 1 aliphatic rings. The van der Waals surface area contributed by atoms with Crippen LogP contribution in [0.4, 0.5) is 0 Å². The quantitative estimate of drug-likeness (QED) is 0.852. The highest BCUT2D eigenvalue weighted by molar-refractivity contribution is 7.86. The summed E-state index contributed by atoms with van der Waals surface area (Å²) in [7, 11) is 1.21. The molecule has 3 unspecified atom stereocenters. The number of hydrogen-bond acceptors (Lipinski definition) is 2. The van der Waals surface area contributed by atoms with E-state index >= 15 is 0 Å². The molecule has 1 N–H and O–H groups in total. The molecule has 1 aromatic carbocycles. The van der Waals surface area contributed by atoms with Crippen LogP contribution in [0.1, 0.15) is 43.9 Å². The van der Waals surface area contributed by atoms with E-state index in [0.717, 1.165) is 19.3 Å². The van der Waals surface area contributed by atoms with Crippen molar-refractivity contribution in [3.63, 3.8) is 0 Å². The van der Waals surface area contributed by atoms with Crippen molar-refractivity contribution in [2.45, 2.75) is 49.7 Å². The zero-order valence-corrected chi connectivity index (χ0v) is 12.3. The van der Waals surface area contributed by atoms with E-state index in [4.69, 9.17) is 0 Å². The smallest absolute Gasteiger partial charge is 0.0545 e. The Morgan fingerprint density at radius 2 is 2.06 bits per heavy atom. The summed E-state index contributed by atoms with van der Waals surface area (Å²) in [4.78, 5) is 0. The highest BCUT2D eigenvalue weighted by Crippen LogP contribution is 2.32. The minimum absolute atomic E-state index is 0.229. The monoisotopic (exact) mass is 265 g/mol. The first-order valence-electron chi connectivity index (χ1n) is 6.79. The lowest BCUT2D eigenvalue weighted by Gasteiger charge is -2.27. The Labute approximate surface area is 113 Å². The molecular formula is C15H23NOS. The van der Waals surface area contributed by atoms with Crippen LogP contribution < -0.4 is 5.32 Å². The number of rotatable bonds is 3. The minimum Gasteiger partial charge on any atom is -0.312 e. The molecule has 0 bridgehead atoms. The van der Waals surface area contributed by atoms with Crippen LogP contribution in [0.3, 0.4) is 0 Å². The number of benzene rings is 1. The zero-order valence-electron chi connectivity index (χ0n) is 11.5. The molecule has 0 aliphatic heterocycles. The van der Waals surface area contributed by atoms with Gasteiger partial charge in [0, 0.05) is 22.1 Å². The van der Waals surface area contributed by atoms with Gasteiger partial charge in [-0.15, -0.1) is 0 Å². The van der Waals surface area contributed by atoms with Crippen molar-refractivity contribution in [1.29, 1.82) is 0 Å². The van der Waals surface area contributed by atoms with Gasteiger partial charge in [0.1, 0.15) is 0 Å². The minimum atomic E-state index is -0.769. The number of hydrogen-bond donors (Lipinski definition) is 1. The van der Waals surface area contributed by atoms with Crippen LogP contribution >= 0.6 is 0 Å². The fourth-order valence-electron chi connectivity index (χ4n) is 2.87. The fraction of sp³-hybridized carbons (Fsp3) is 0.600. The Balaban J connectivity index is 2.37. The predicted molar refractivity (Wildman–Crippen MR) is 78.2 cm³/mol. The summed E-state index contributed by atoms with van der Waals surface area (Å²) in [5.74, 6) is 0. The second-order valence-corrected chi connectivity index (χ2v) is 7.48. The maximum atomic E-state index is 12.5. The van der Waals surface area contributed by atoms with Gasteiger partial charge in [0.15, 0.2) is 0 Å². The molecule has 0 radical (unpaired) electrons. The van der Waals surface area contributed by atoms with Crippen LogP contribution in [0.25, 0.3) is 0 Å². The molecule has 0 spiro atoms. The molecule has 0 aromatic heterocycles. The summed E-state index contributed by atoms with van der Waals surface area (Å²) < 4.78 is 12.5. The van der Waals surface area contributed by atoms with E-state index in [1.165, 1.54) is 11.1 Å². The summed E-state index contributed by atoms with van der Waals surface area (Å²) in [6, 6.07) is 8.81. The molecule has 1 aromatic rings. The van der Waals surface area contributed by atoms with Gasteiger partial charge in [0.25, 0.3) is 0 Å². The van der Waals surface area contributed by atoms with E-state index in [-0.39, 0.29) is 16.5 Å². The van der Waals surface area contributed by atoms with Crippen molar-refractivity contribution in [2.24, 2.45) is 0 Å². The molecule has 18 heavy (non-hydrogen) atoms. The third kappa shape index (κ3) is 2.67. The Morgan fingerprint density at radius 3 is 2.72 bits per heavy atom. The van der Waals surface area contributed by atoms with E-state index in [1.807, 2.05) is 7.05 Å². The van der Waals surface area contributed by atoms with Crippen LogP contribution in [0.2, 0.25) is 0 Å². The van der Waals surface area contributed by atoms with Crippen LogP contribution in [0.5, 0.6) is 0 Å². The highest BCUT2D eigenvalue weighted by Gasteiger charge is 2.31. The third-order valence-electron chi connectivity index (χ3n) is 3.77. The van der Waals surface area contributed by atoms with Crippen molar-refractivity contribution in [1.82, 2.24) is 5.32 Å². The summed E-state index contributed by atoms with van der Waals surface area (Å²) in [6.45, 7) is 4.11. The molecule has 100 valence electrons. The first-order valence-corrected chi connectivity index (χ1v) is 8.07. The van der Waals surface area contributed by atoms with Gasteiger partial charge in [-0.3, -0.25) is 4.21 Å². The van der Waals surface area contributed by atoms with Crippen molar-refractivity contribution >= 4 is 10.8 Å². The summed E-state index contributed by atoms with van der Waals surface area (Å²) in [5, 5.41) is 3.86. The number of nitrogens with one attached hydrogen (secondary N) is 1. The van der Waals surface area contributed by atoms with Crippen LogP contribution in [0, 0.1) is 0 Å². The lowest BCUT2D eigenvalue weighted by molar-refractivity contribution is 0.529. The molecule has 0 fully saturated rings. The van der Waals surface area contributed by atoms with E-state index in [1.54, 1.807) is 0 Å². The lowest BCUT2D eigenvalue weighted by atomic mass is 9.99. The van der Waals surface area contributed by atoms with Crippen LogP contribution in [-0.2, 0) is 17.2 Å². The van der Waals surface area contributed by atoms with Gasteiger partial charge in [-0.2, -0.15) is 0 Å². The predicted octanol–water partition coefficient (Wildman–Crippen LogP) is 2.81. The number of fused-ring (bicyclic) bond motifs is 1. The van der Waals surface area contributed by atoms with E-state index < -0.39 is 10.8 Å². The first kappa shape index (κ1) is 13.8. The molecule has 3 heteroatoms. The average Bonchev–Trinajstić information content (AvgIpc) is 2.56. The summed E-state index contributed by atoms with van der Waals surface area (Å²) in [6.07, 6.45) is 3.30. The van der Waals surface area contributed by atoms with Gasteiger partial charge < -0.3 is 5.32 Å². The SMILES string of the molecule is CNC1c2ccccc2CCCC1S(=O)C(C)C. The standard InChI is InChI=1S/C15H23NOS/c1-11(2)18(17)14-10-6-8-12-7-4-5-9-13(12)15(14)16-3/h4-5,7,9,11,14-16H,6,8,10H2,1-3H3. The molecule has 0 heterocycles. The van der Waals surface area contributed by atoms with Crippen molar-refractivity contribution in [3.8, 4) is 0 Å². The van der Waals surface area contributed by atoms with E-state index in [0.29, 0.717) is 0 Å². The van der Waals surface area contributed by atoms with Gasteiger partial charge in [-0.05, 0) is 37.4 Å². The second-order valence-electron chi connectivity index (χ2n) is 5.27. The first-order chi connectivity index (χ1) is 8.65. The van der Waals surface area contributed by atoms with Crippen molar-refractivity contribution in [2.75, 3.05) is 7.05 Å². The maximum Gasteiger partial charge on any atom is 0.0545 e. The Morgan fingerprint density at radius 1 is 1.33 bits per heavy atom. The van der Waals surface area contributed by atoms with Crippen LogP contribution in [0.15, 0.2) is 24.3 Å². The van der Waals surface area contributed by atoms with Gasteiger partial charge in [0.2, 0.25) is 0 Å². The molecule has 1 aliphatic carbocycles. The Hall–Kier alpha value is -0.670. The zero-order chi connectivity index (χ0) is 13.1. The van der Waals surface area contributed by atoms with Gasteiger partial charge in [0.05, 0.1) is 5.25 Å². The van der Waals surface area contributed by atoms with Crippen molar-refractivity contribution in [3.05, 3.63) is 35.4 Å². The molecule has 2 rings (SSSR count). The fourth-order valence-corrected chi connectivity index (χ4v) is 4.52. The van der Waals surface area contributed by atoms with Crippen LogP contribution in [-0.4, -0.2) is 21.8 Å². The average molecular weight is 265 g/mol. The Bertz CT molecular complexity index is 430. The molecule has 0 saturated heterocycles. The van der Waals surface area contributed by atoms with Crippen molar-refractivity contribution < 1.29 is 4.21 Å². The molecular weight excluding hydrogens is 242 g/mol. The normalized spacial score (nSPS) is 25.6. The summed E-state index contributed by atoms with van der Waals surface area (Å²) >= 11 is 0. The number of aryl methyl sites for hydroxylation is 1. The lowest BCUT2D eigenvalue weighted by Crippen LogP contribution is -2.35. The molecule has 0 amide bonds. The highest BCUT2D eigenvalue weighted by atomic mass is 32.2. The third-order valence-corrected chi connectivity index (χ3v) is 5.80. The van der Waals surface area contributed by atoms with E-state index in [2.05, 4.69) is 43.4 Å². The summed E-state index contributed by atoms with van der Waals surface area (Å²) in [5.41, 5.74) is 2.76. The largest absolute Gasteiger partial charge is 0.312 e. The molecule has 3 atom stereocenters.